The molecule has 4 N–H and O–H groups in total. The van der Waals surface area contributed by atoms with Gasteiger partial charge in [-0.25, -0.2) is 10.3 Å². The summed E-state index contributed by atoms with van der Waals surface area (Å²) in [7, 11) is 0. The normalized spacial score (nSPS) is 11.2. The van der Waals surface area contributed by atoms with Gasteiger partial charge in [-0.2, -0.15) is 0 Å². The smallest absolute Gasteiger partial charge is 0.337 e. The molecule has 0 bridgehead atoms. The fourth-order valence-corrected chi connectivity index (χ4v) is 1.79. The number of rotatable bonds is 6. The second kappa shape index (κ2) is 10.5. The Bertz CT molecular complexity index is 531. The van der Waals surface area contributed by atoms with E-state index in [1.807, 2.05) is 18.2 Å². The molecule has 5 nitrogen and oxygen atoms in total. The molecule has 0 spiro atoms. The van der Waals surface area contributed by atoms with Crippen LogP contribution < -0.4 is 5.48 Å². The van der Waals surface area contributed by atoms with Gasteiger partial charge in [0.1, 0.15) is 0 Å². The van der Waals surface area contributed by atoms with Crippen molar-refractivity contribution >= 4 is 5.97 Å². The molecule has 2 aromatic rings. The second-order valence-electron chi connectivity index (χ2n) is 4.65. The molecule has 0 aliphatic heterocycles. The van der Waals surface area contributed by atoms with E-state index in [1.54, 1.807) is 30.3 Å². The third-order valence-corrected chi connectivity index (χ3v) is 2.95. The monoisotopic (exact) mass is 303 g/mol. The third kappa shape index (κ3) is 6.99. The number of aliphatic hydroxyl groups is 1. The molecule has 1 atom stereocenters. The lowest BCUT2D eigenvalue weighted by Crippen LogP contribution is -2.09. The average molecular weight is 303 g/mol. The molecule has 2 rings (SSSR count). The van der Waals surface area contributed by atoms with Crippen molar-refractivity contribution in [1.82, 2.24) is 5.48 Å². The number of benzene rings is 2. The summed E-state index contributed by atoms with van der Waals surface area (Å²) in [6.07, 6.45) is 0.589. The van der Waals surface area contributed by atoms with Crippen LogP contribution in [0, 0.1) is 0 Å². The van der Waals surface area contributed by atoms with Crippen LogP contribution in [-0.2, 0) is 11.2 Å². The van der Waals surface area contributed by atoms with Gasteiger partial charge >= 0.3 is 5.97 Å². The maximum Gasteiger partial charge on any atom is 0.337 e. The van der Waals surface area contributed by atoms with E-state index < -0.39 is 12.1 Å². The van der Waals surface area contributed by atoms with Crippen LogP contribution in [0.15, 0.2) is 60.7 Å². The van der Waals surface area contributed by atoms with Gasteiger partial charge in [-0.15, -0.1) is 0 Å². The van der Waals surface area contributed by atoms with Crippen molar-refractivity contribution in [3.63, 3.8) is 0 Å². The van der Waals surface area contributed by atoms with Crippen molar-refractivity contribution in [3.05, 3.63) is 71.8 Å². The number of carbonyl (C=O) groups is 1. The van der Waals surface area contributed by atoms with Gasteiger partial charge in [-0.05, 0) is 24.0 Å². The van der Waals surface area contributed by atoms with Crippen LogP contribution in [-0.4, -0.2) is 27.9 Å². The lowest BCUT2D eigenvalue weighted by Gasteiger charge is -2.03. The van der Waals surface area contributed by atoms with Gasteiger partial charge in [-0.3, -0.25) is 0 Å². The highest BCUT2D eigenvalue weighted by molar-refractivity contribution is 5.73. The summed E-state index contributed by atoms with van der Waals surface area (Å²) in [5.41, 5.74) is 3.86. The molecule has 0 radical (unpaired) electrons. The van der Waals surface area contributed by atoms with E-state index in [4.69, 9.17) is 15.4 Å². The number of carboxylic acid groups (broad SMARTS) is 1. The molecule has 0 saturated heterocycles. The Kier molecular flexibility index (Phi) is 8.52. The minimum Gasteiger partial charge on any atom is -0.479 e. The second-order valence-corrected chi connectivity index (χ2v) is 4.65. The number of aliphatic hydroxyl groups excluding tert-OH is 1. The molecule has 0 aliphatic carbocycles. The van der Waals surface area contributed by atoms with Gasteiger partial charge in [-0.1, -0.05) is 60.7 Å². The Hall–Kier alpha value is -2.21. The topological polar surface area (TPSA) is 89.8 Å². The molecule has 0 amide bonds. The summed E-state index contributed by atoms with van der Waals surface area (Å²) in [6, 6.07) is 18.5. The van der Waals surface area contributed by atoms with Crippen LogP contribution in [0.3, 0.4) is 0 Å². The molecule has 5 heteroatoms. The van der Waals surface area contributed by atoms with Crippen LogP contribution >= 0.6 is 0 Å². The largest absolute Gasteiger partial charge is 0.479 e. The summed E-state index contributed by atoms with van der Waals surface area (Å²) < 4.78 is 0. The van der Waals surface area contributed by atoms with Crippen molar-refractivity contribution in [2.24, 2.45) is 0 Å². The Morgan fingerprint density at radius 2 is 1.55 bits per heavy atom. The molecule has 0 heterocycles. The van der Waals surface area contributed by atoms with E-state index in [0.717, 1.165) is 12.8 Å². The zero-order valence-electron chi connectivity index (χ0n) is 12.2. The number of aliphatic carboxylic acids is 1. The average Bonchev–Trinajstić information content (AvgIpc) is 2.57. The van der Waals surface area contributed by atoms with Crippen molar-refractivity contribution in [2.45, 2.75) is 18.9 Å². The maximum absolute atomic E-state index is 10.2. The molecule has 22 heavy (non-hydrogen) atoms. The maximum atomic E-state index is 10.2. The van der Waals surface area contributed by atoms with Crippen molar-refractivity contribution in [2.75, 3.05) is 6.54 Å². The van der Waals surface area contributed by atoms with Crippen LogP contribution in [0.5, 0.6) is 0 Å². The number of hydrogen-bond donors (Lipinski definition) is 4. The van der Waals surface area contributed by atoms with E-state index in [9.17, 15) is 4.79 Å². The van der Waals surface area contributed by atoms with E-state index in [-0.39, 0.29) is 0 Å². The highest BCUT2D eigenvalue weighted by atomic mass is 16.5. The van der Waals surface area contributed by atoms with E-state index >= 15 is 0 Å². The lowest BCUT2D eigenvalue weighted by molar-refractivity contribution is -0.146. The van der Waals surface area contributed by atoms with Gasteiger partial charge in [0.05, 0.1) is 0 Å². The number of aryl methyl sites for hydroxylation is 1. The number of hydrogen-bond acceptors (Lipinski definition) is 4. The van der Waals surface area contributed by atoms with Gasteiger partial charge in [0.25, 0.3) is 0 Å². The molecule has 0 aliphatic rings. The Morgan fingerprint density at radius 3 is 2.05 bits per heavy atom. The SMILES string of the molecule is O=C(O)[C@H](O)c1ccccc1.ONCCCc1ccccc1. The van der Waals surface area contributed by atoms with E-state index in [1.165, 1.54) is 5.56 Å². The number of nitrogens with one attached hydrogen (secondary N) is 1. The van der Waals surface area contributed by atoms with Gasteiger partial charge in [0.15, 0.2) is 6.10 Å². The Balaban J connectivity index is 0.000000220. The molecule has 0 saturated carbocycles. The third-order valence-electron chi connectivity index (χ3n) is 2.95. The van der Waals surface area contributed by atoms with E-state index in [0.29, 0.717) is 12.1 Å². The first kappa shape index (κ1) is 17.8. The zero-order chi connectivity index (χ0) is 16.2. The molecular formula is C17H21NO4. The zero-order valence-corrected chi connectivity index (χ0v) is 12.2. The fourth-order valence-electron chi connectivity index (χ4n) is 1.79. The van der Waals surface area contributed by atoms with Crippen molar-refractivity contribution < 1.29 is 20.2 Å². The van der Waals surface area contributed by atoms with Crippen LogP contribution in [0.4, 0.5) is 0 Å². The minimum atomic E-state index is -1.41. The van der Waals surface area contributed by atoms with E-state index in [2.05, 4.69) is 17.6 Å². The first-order chi connectivity index (χ1) is 10.6. The van der Waals surface area contributed by atoms with Gasteiger partial charge in [0.2, 0.25) is 0 Å². The first-order valence-electron chi connectivity index (χ1n) is 7.02. The number of hydroxylamine groups is 1. The summed E-state index contributed by atoms with van der Waals surface area (Å²) in [5, 5.41) is 25.7. The van der Waals surface area contributed by atoms with Crippen LogP contribution in [0.1, 0.15) is 23.7 Å². The molecule has 0 fully saturated rings. The molecule has 0 aromatic heterocycles. The molecular weight excluding hydrogens is 282 g/mol. The highest BCUT2D eigenvalue weighted by Crippen LogP contribution is 2.10. The summed E-state index contributed by atoms with van der Waals surface area (Å²) in [6.45, 7) is 0.662. The predicted octanol–water partition coefficient (Wildman–Crippen LogP) is 2.40. The van der Waals surface area contributed by atoms with Crippen molar-refractivity contribution in [3.8, 4) is 0 Å². The summed E-state index contributed by atoms with van der Waals surface area (Å²) >= 11 is 0. The fraction of sp³-hybridized carbons (Fsp3) is 0.235. The predicted molar refractivity (Wildman–Crippen MR) is 83.6 cm³/mol. The molecule has 2 aromatic carbocycles. The highest BCUT2D eigenvalue weighted by Gasteiger charge is 2.14. The van der Waals surface area contributed by atoms with Crippen molar-refractivity contribution in [1.29, 1.82) is 0 Å². The van der Waals surface area contributed by atoms with Gasteiger partial charge < -0.3 is 15.4 Å². The Labute approximate surface area is 129 Å². The van der Waals surface area contributed by atoms with Crippen LogP contribution in [0.25, 0.3) is 0 Å². The van der Waals surface area contributed by atoms with Crippen LogP contribution in [0.2, 0.25) is 0 Å². The summed E-state index contributed by atoms with van der Waals surface area (Å²) in [5.74, 6) is -1.23. The standard InChI is InChI=1S/C9H13NO.C8H8O3/c11-10-8-4-7-9-5-2-1-3-6-9;9-7(8(10)11)6-4-2-1-3-5-6/h1-3,5-6,10-11H,4,7-8H2;1-5,7,9H,(H,10,11)/t;7-/m.1/s1. The quantitative estimate of drug-likeness (QED) is 0.486. The molecule has 118 valence electrons. The first-order valence-corrected chi connectivity index (χ1v) is 7.02. The summed E-state index contributed by atoms with van der Waals surface area (Å²) in [4.78, 5) is 10.2. The Morgan fingerprint density at radius 1 is 1.00 bits per heavy atom. The van der Waals surface area contributed by atoms with Gasteiger partial charge in [0, 0.05) is 6.54 Å². The minimum absolute atomic E-state index is 0.403. The lowest BCUT2D eigenvalue weighted by atomic mass is 10.1. The molecule has 0 unspecified atom stereocenters. The number of carboxylic acids is 1.